The van der Waals surface area contributed by atoms with Crippen molar-refractivity contribution >= 4 is 49.8 Å². The number of allylic oxidation sites excluding steroid dienone is 10. The van der Waals surface area contributed by atoms with Gasteiger partial charge >= 0.3 is 0 Å². The molecular weight excluding hydrogens is 696 g/mol. The van der Waals surface area contributed by atoms with Gasteiger partial charge in [-0.05, 0) is 73.4 Å². The van der Waals surface area contributed by atoms with Crippen molar-refractivity contribution in [1.29, 1.82) is 0 Å². The van der Waals surface area contributed by atoms with Gasteiger partial charge in [-0.25, -0.2) is 0 Å². The molecule has 0 aromatic heterocycles. The summed E-state index contributed by atoms with van der Waals surface area (Å²) in [6.07, 6.45) is 26.7. The molecule has 0 bridgehead atoms. The number of rotatable bonds is 14. The molecule has 2 aromatic rings. The van der Waals surface area contributed by atoms with E-state index in [0.717, 1.165) is 61.3 Å². The van der Waals surface area contributed by atoms with E-state index in [9.17, 15) is 4.79 Å². The summed E-state index contributed by atoms with van der Waals surface area (Å²) in [4.78, 5) is 19.3. The van der Waals surface area contributed by atoms with Crippen LogP contribution >= 0.6 is 31.9 Å². The summed E-state index contributed by atoms with van der Waals surface area (Å²) in [6, 6.07) is 20.2. The summed E-state index contributed by atoms with van der Waals surface area (Å²) >= 11 is 7.94. The zero-order valence-electron chi connectivity index (χ0n) is 27.5. The van der Waals surface area contributed by atoms with Crippen LogP contribution in [0.15, 0.2) is 144 Å². The normalized spacial score (nSPS) is 22.3. The Kier molecular flexibility index (Phi) is 13.3. The molecule has 0 spiro atoms. The lowest BCUT2D eigenvalue weighted by molar-refractivity contribution is -0.111. The minimum Gasteiger partial charge on any atom is -0.289 e. The first-order valence-electron chi connectivity index (χ1n) is 16.3. The molecule has 240 valence electrons. The molecule has 5 heteroatoms. The van der Waals surface area contributed by atoms with Gasteiger partial charge in [0.2, 0.25) is 0 Å². The minimum absolute atomic E-state index is 0.0261. The highest BCUT2D eigenvalue weighted by Gasteiger charge is 2.31. The third-order valence-corrected chi connectivity index (χ3v) is 10.7. The molecule has 0 N–H and O–H groups in total. The minimum atomic E-state index is -0.211. The van der Waals surface area contributed by atoms with Gasteiger partial charge in [-0.15, -0.1) is 0 Å². The quantitative estimate of drug-likeness (QED) is 0.0834. The molecule has 2 aromatic carbocycles. The van der Waals surface area contributed by atoms with Crippen LogP contribution in [0.5, 0.6) is 0 Å². The smallest absolute Gasteiger partial charge is 0.193 e. The highest BCUT2D eigenvalue weighted by Crippen LogP contribution is 2.35. The summed E-state index contributed by atoms with van der Waals surface area (Å²) in [7, 11) is 0. The summed E-state index contributed by atoms with van der Waals surface area (Å²) < 4.78 is -0.423. The lowest BCUT2D eigenvalue weighted by Crippen LogP contribution is -2.42. The first-order valence-corrected chi connectivity index (χ1v) is 17.9. The Balaban J connectivity index is 1.73. The van der Waals surface area contributed by atoms with Gasteiger partial charge < -0.3 is 0 Å². The van der Waals surface area contributed by atoms with Crippen molar-refractivity contribution in [3.05, 3.63) is 155 Å². The molecular formula is C41H46Br2N2O. The molecule has 0 saturated carbocycles. The van der Waals surface area contributed by atoms with E-state index in [4.69, 9.17) is 0 Å². The van der Waals surface area contributed by atoms with Crippen molar-refractivity contribution in [1.82, 2.24) is 9.80 Å². The monoisotopic (exact) mass is 740 g/mol. The van der Waals surface area contributed by atoms with Crippen molar-refractivity contribution < 1.29 is 4.79 Å². The maximum Gasteiger partial charge on any atom is 0.193 e. The SMILES string of the molecule is CCN(CC)C1(Br)C=CC(C=C(C=Cc2ccccc2)C(=O)C(C=Cc2ccccc2)=CC2=CCC(Br)(N(CC)CC)C=C2)=CC1. The van der Waals surface area contributed by atoms with Crippen molar-refractivity contribution in [2.45, 2.75) is 49.4 Å². The third-order valence-electron chi connectivity index (χ3n) is 8.57. The van der Waals surface area contributed by atoms with Crippen LogP contribution in [-0.2, 0) is 4.79 Å². The zero-order chi connectivity index (χ0) is 33.0. The number of carbonyl (C=O) groups excluding carboxylic acids is 1. The van der Waals surface area contributed by atoms with Crippen molar-refractivity contribution in [3.8, 4) is 0 Å². The molecule has 2 atom stereocenters. The number of ketones is 1. The number of hydrogen-bond acceptors (Lipinski definition) is 3. The van der Waals surface area contributed by atoms with Crippen LogP contribution < -0.4 is 0 Å². The number of Topliss-reactive ketones (excluding diaryl/α,β-unsaturated/α-hetero) is 1. The first kappa shape index (κ1) is 35.8. The molecule has 0 fully saturated rings. The molecule has 4 rings (SSSR count). The second-order valence-corrected chi connectivity index (χ2v) is 14.2. The number of nitrogens with zero attached hydrogens (tertiary/aromatic N) is 2. The van der Waals surface area contributed by atoms with E-state index >= 15 is 0 Å². The van der Waals surface area contributed by atoms with Crippen molar-refractivity contribution in [2.75, 3.05) is 26.2 Å². The first-order chi connectivity index (χ1) is 22.2. The van der Waals surface area contributed by atoms with Gasteiger partial charge in [-0.1, -0.05) is 181 Å². The number of benzene rings is 2. The Morgan fingerprint density at radius 3 is 1.33 bits per heavy atom. The van der Waals surface area contributed by atoms with Gasteiger partial charge in [0.15, 0.2) is 5.78 Å². The maximum atomic E-state index is 14.5. The molecule has 2 unspecified atom stereocenters. The van der Waals surface area contributed by atoms with E-state index in [1.807, 2.05) is 97.1 Å². The van der Waals surface area contributed by atoms with Gasteiger partial charge in [0.25, 0.3) is 0 Å². The molecule has 2 aliphatic rings. The van der Waals surface area contributed by atoms with Crippen LogP contribution in [0.1, 0.15) is 51.7 Å². The van der Waals surface area contributed by atoms with Crippen LogP contribution in [-0.4, -0.2) is 50.7 Å². The predicted octanol–water partition coefficient (Wildman–Crippen LogP) is 10.5. The molecule has 0 saturated heterocycles. The van der Waals surface area contributed by atoms with Gasteiger partial charge in [0.1, 0.15) is 0 Å². The third kappa shape index (κ3) is 9.48. The Morgan fingerprint density at radius 2 is 1.02 bits per heavy atom. The molecule has 0 amide bonds. The van der Waals surface area contributed by atoms with Crippen LogP contribution in [0.4, 0.5) is 0 Å². The largest absolute Gasteiger partial charge is 0.289 e. The van der Waals surface area contributed by atoms with Crippen LogP contribution in [0.25, 0.3) is 12.2 Å². The number of hydrogen-bond donors (Lipinski definition) is 0. The molecule has 0 aliphatic heterocycles. The van der Waals surface area contributed by atoms with Crippen molar-refractivity contribution in [3.63, 3.8) is 0 Å². The highest BCUT2D eigenvalue weighted by atomic mass is 79.9. The molecule has 3 nitrogen and oxygen atoms in total. The lowest BCUT2D eigenvalue weighted by atomic mass is 9.93. The van der Waals surface area contributed by atoms with E-state index in [1.165, 1.54) is 0 Å². The van der Waals surface area contributed by atoms with Gasteiger partial charge in [-0.2, -0.15) is 0 Å². The summed E-state index contributed by atoms with van der Waals surface area (Å²) in [5, 5.41) is 0. The number of likely N-dealkylation sites (N-methyl/N-ethyl adjacent to an activating group) is 2. The van der Waals surface area contributed by atoms with Crippen LogP contribution in [0.2, 0.25) is 0 Å². The molecule has 2 aliphatic carbocycles. The standard InChI is InChI=1S/C41H46Br2N2O/c1-5-44(6-2)40(42)27-23-35(24-28-40)31-37(21-19-33-15-11-9-12-16-33)39(46)38(22-20-34-17-13-10-14-18-34)32-36-25-29-41(43,30-26-36)45(7-3)8-4/h9-27,29,31-32H,5-8,28,30H2,1-4H3. The molecule has 46 heavy (non-hydrogen) atoms. The van der Waals surface area contributed by atoms with Gasteiger partial charge in [-0.3, -0.25) is 14.6 Å². The fraction of sp³-hybridized carbons (Fsp3) is 0.293. The summed E-state index contributed by atoms with van der Waals surface area (Å²) in [5.41, 5.74) is 5.40. The fourth-order valence-corrected chi connectivity index (χ4v) is 7.42. The van der Waals surface area contributed by atoms with Crippen molar-refractivity contribution in [2.24, 2.45) is 0 Å². The van der Waals surface area contributed by atoms with E-state index < -0.39 is 0 Å². The zero-order valence-corrected chi connectivity index (χ0v) is 30.7. The lowest BCUT2D eigenvalue weighted by Gasteiger charge is -2.37. The van der Waals surface area contributed by atoms with E-state index in [1.54, 1.807) is 0 Å². The summed E-state index contributed by atoms with van der Waals surface area (Å²) in [6.45, 7) is 12.5. The van der Waals surface area contributed by atoms with E-state index in [2.05, 4.69) is 106 Å². The van der Waals surface area contributed by atoms with Gasteiger partial charge in [0, 0.05) is 11.1 Å². The topological polar surface area (TPSA) is 23.6 Å². The summed E-state index contributed by atoms with van der Waals surface area (Å²) in [5.74, 6) is -0.0261. The molecule has 0 heterocycles. The Bertz CT molecular complexity index is 1450. The predicted molar refractivity (Wildman–Crippen MR) is 205 cm³/mol. The Hall–Kier alpha value is -3.09. The maximum absolute atomic E-state index is 14.5. The average molecular weight is 743 g/mol. The number of halogens is 2. The second-order valence-electron chi connectivity index (χ2n) is 11.5. The number of alkyl halides is 2. The average Bonchev–Trinajstić information content (AvgIpc) is 3.08. The van der Waals surface area contributed by atoms with Crippen LogP contribution in [0, 0.1) is 0 Å². The van der Waals surface area contributed by atoms with E-state index in [-0.39, 0.29) is 14.7 Å². The Morgan fingerprint density at radius 1 is 0.652 bits per heavy atom. The van der Waals surface area contributed by atoms with Gasteiger partial charge in [0.05, 0.1) is 8.90 Å². The molecule has 0 radical (unpaired) electrons. The van der Waals surface area contributed by atoms with Crippen LogP contribution in [0.3, 0.4) is 0 Å². The second kappa shape index (κ2) is 17.2. The number of carbonyl (C=O) groups is 1. The Labute approximate surface area is 293 Å². The van der Waals surface area contributed by atoms with E-state index in [0.29, 0.717) is 11.1 Å². The fourth-order valence-electron chi connectivity index (χ4n) is 5.83. The highest BCUT2D eigenvalue weighted by molar-refractivity contribution is 9.10.